The topological polar surface area (TPSA) is 49.3 Å². The van der Waals surface area contributed by atoms with E-state index in [0.717, 1.165) is 5.56 Å². The summed E-state index contributed by atoms with van der Waals surface area (Å²) >= 11 is 3.17. The fourth-order valence-corrected chi connectivity index (χ4v) is 1.10. The van der Waals surface area contributed by atoms with Gasteiger partial charge in [0.1, 0.15) is 0 Å². The number of carbonyl (C=O) groups is 1. The lowest BCUT2D eigenvalue weighted by molar-refractivity contribution is -0.115. The first kappa shape index (κ1) is 11.2. The molecule has 0 bridgehead atoms. The maximum atomic E-state index is 11.3. The van der Waals surface area contributed by atoms with Crippen molar-refractivity contribution in [3.63, 3.8) is 0 Å². The van der Waals surface area contributed by atoms with Crippen LogP contribution in [0, 0.1) is 0 Å². The van der Waals surface area contributed by atoms with Crippen LogP contribution in [0.4, 0.5) is 5.69 Å². The average Bonchev–Trinajstić information content (AvgIpc) is 2.18. The molecule has 0 aliphatic heterocycles. The number of rotatable bonds is 3. The molecule has 0 saturated carbocycles. The molecule has 14 heavy (non-hydrogen) atoms. The van der Waals surface area contributed by atoms with Crippen molar-refractivity contribution in [2.45, 2.75) is 18.4 Å². The van der Waals surface area contributed by atoms with Crippen LogP contribution in [0.25, 0.3) is 0 Å². The summed E-state index contributed by atoms with van der Waals surface area (Å²) in [5.41, 5.74) is 1.48. The molecule has 1 aromatic carbocycles. The summed E-state index contributed by atoms with van der Waals surface area (Å²) in [5, 5.41) is 11.6. The number of aliphatic hydroxyl groups is 1. The summed E-state index contributed by atoms with van der Waals surface area (Å²) in [5.74, 6) is -0.0971. The van der Waals surface area contributed by atoms with Crippen molar-refractivity contribution in [1.82, 2.24) is 0 Å². The molecule has 1 aromatic rings. The van der Waals surface area contributed by atoms with Gasteiger partial charge in [-0.15, -0.1) is 0 Å². The van der Waals surface area contributed by atoms with Crippen LogP contribution in [-0.2, 0) is 11.4 Å². The number of hydrogen-bond donors (Lipinski definition) is 2. The molecule has 0 spiro atoms. The molecule has 1 unspecified atom stereocenters. The number of carbonyl (C=O) groups excluding carboxylic acids is 1. The second-order valence-electron chi connectivity index (χ2n) is 2.96. The zero-order chi connectivity index (χ0) is 10.6. The van der Waals surface area contributed by atoms with E-state index in [9.17, 15) is 4.79 Å². The Bertz CT molecular complexity index is 326. The smallest absolute Gasteiger partial charge is 0.237 e. The van der Waals surface area contributed by atoms with Crippen LogP contribution in [0.15, 0.2) is 24.3 Å². The van der Waals surface area contributed by atoms with Gasteiger partial charge >= 0.3 is 0 Å². The number of alkyl halides is 1. The SMILES string of the molecule is CC(Br)C(=O)Nc1cccc(CO)c1. The average molecular weight is 258 g/mol. The van der Waals surface area contributed by atoms with Crippen molar-refractivity contribution in [3.05, 3.63) is 29.8 Å². The number of nitrogens with one attached hydrogen (secondary N) is 1. The van der Waals surface area contributed by atoms with Gasteiger partial charge in [0, 0.05) is 5.69 Å². The Kier molecular flexibility index (Phi) is 4.10. The third-order valence-electron chi connectivity index (χ3n) is 1.74. The van der Waals surface area contributed by atoms with Gasteiger partial charge in [-0.3, -0.25) is 4.79 Å². The van der Waals surface area contributed by atoms with Crippen molar-refractivity contribution < 1.29 is 9.90 Å². The van der Waals surface area contributed by atoms with Gasteiger partial charge < -0.3 is 10.4 Å². The number of aliphatic hydroxyl groups excluding tert-OH is 1. The summed E-state index contributed by atoms with van der Waals surface area (Å²) in [7, 11) is 0. The standard InChI is InChI=1S/C10H12BrNO2/c1-7(11)10(14)12-9-4-2-3-8(5-9)6-13/h2-5,7,13H,6H2,1H3,(H,12,14). The maximum Gasteiger partial charge on any atom is 0.237 e. The predicted molar refractivity (Wildman–Crippen MR) is 59.4 cm³/mol. The van der Waals surface area contributed by atoms with E-state index in [2.05, 4.69) is 21.2 Å². The second kappa shape index (κ2) is 5.12. The van der Waals surface area contributed by atoms with Gasteiger partial charge in [0.25, 0.3) is 0 Å². The van der Waals surface area contributed by atoms with E-state index < -0.39 is 0 Å². The van der Waals surface area contributed by atoms with Crippen LogP contribution in [0.1, 0.15) is 12.5 Å². The van der Waals surface area contributed by atoms with Gasteiger partial charge in [-0.05, 0) is 24.6 Å². The van der Waals surface area contributed by atoms with Crippen LogP contribution in [0.3, 0.4) is 0 Å². The maximum absolute atomic E-state index is 11.3. The quantitative estimate of drug-likeness (QED) is 0.813. The molecule has 0 saturated heterocycles. The summed E-state index contributed by atoms with van der Waals surface area (Å²) in [4.78, 5) is 11.1. The van der Waals surface area contributed by atoms with E-state index in [1.54, 1.807) is 31.2 Å². The highest BCUT2D eigenvalue weighted by atomic mass is 79.9. The molecule has 0 aliphatic carbocycles. The zero-order valence-electron chi connectivity index (χ0n) is 7.83. The molecule has 1 atom stereocenters. The first-order valence-electron chi connectivity index (χ1n) is 4.28. The van der Waals surface area contributed by atoms with Gasteiger partial charge in [0.2, 0.25) is 5.91 Å². The Morgan fingerprint density at radius 2 is 2.36 bits per heavy atom. The van der Waals surface area contributed by atoms with Crippen LogP contribution < -0.4 is 5.32 Å². The van der Waals surface area contributed by atoms with Gasteiger partial charge in [-0.25, -0.2) is 0 Å². The number of halogens is 1. The number of benzene rings is 1. The van der Waals surface area contributed by atoms with E-state index in [1.165, 1.54) is 0 Å². The van der Waals surface area contributed by atoms with Gasteiger partial charge in [-0.2, -0.15) is 0 Å². The van der Waals surface area contributed by atoms with Crippen LogP contribution in [-0.4, -0.2) is 15.8 Å². The monoisotopic (exact) mass is 257 g/mol. The van der Waals surface area contributed by atoms with Crippen molar-refractivity contribution >= 4 is 27.5 Å². The van der Waals surface area contributed by atoms with Crippen LogP contribution >= 0.6 is 15.9 Å². The van der Waals surface area contributed by atoms with Gasteiger partial charge in [-0.1, -0.05) is 28.1 Å². The number of amides is 1. The third-order valence-corrected chi connectivity index (χ3v) is 2.15. The van der Waals surface area contributed by atoms with Gasteiger partial charge in [0.15, 0.2) is 0 Å². The van der Waals surface area contributed by atoms with E-state index in [-0.39, 0.29) is 17.3 Å². The molecule has 1 rings (SSSR count). The molecule has 0 heterocycles. The van der Waals surface area contributed by atoms with E-state index in [0.29, 0.717) is 5.69 Å². The summed E-state index contributed by atoms with van der Waals surface area (Å²) < 4.78 is 0. The molecule has 0 fully saturated rings. The number of anilines is 1. The molecular formula is C10H12BrNO2. The van der Waals surface area contributed by atoms with E-state index >= 15 is 0 Å². The molecule has 0 aromatic heterocycles. The molecule has 0 radical (unpaired) electrons. The first-order valence-corrected chi connectivity index (χ1v) is 5.20. The fourth-order valence-electron chi connectivity index (χ4n) is 0.989. The van der Waals surface area contributed by atoms with Crippen molar-refractivity contribution in [2.75, 3.05) is 5.32 Å². The Balaban J connectivity index is 2.72. The predicted octanol–water partition coefficient (Wildman–Crippen LogP) is 1.90. The van der Waals surface area contributed by atoms with E-state index in [4.69, 9.17) is 5.11 Å². The molecule has 1 amide bonds. The minimum atomic E-state index is -0.222. The molecule has 3 nitrogen and oxygen atoms in total. The van der Waals surface area contributed by atoms with Crippen molar-refractivity contribution in [2.24, 2.45) is 0 Å². The lowest BCUT2D eigenvalue weighted by Gasteiger charge is -2.07. The van der Waals surface area contributed by atoms with Gasteiger partial charge in [0.05, 0.1) is 11.4 Å². The number of hydrogen-bond acceptors (Lipinski definition) is 2. The molecule has 0 aliphatic rings. The summed E-state index contributed by atoms with van der Waals surface area (Å²) in [6, 6.07) is 7.12. The highest BCUT2D eigenvalue weighted by Crippen LogP contribution is 2.12. The lowest BCUT2D eigenvalue weighted by Crippen LogP contribution is -2.19. The first-order chi connectivity index (χ1) is 6.63. The highest BCUT2D eigenvalue weighted by molar-refractivity contribution is 9.10. The minimum Gasteiger partial charge on any atom is -0.392 e. The zero-order valence-corrected chi connectivity index (χ0v) is 9.41. The Labute approximate surface area is 91.3 Å². The Morgan fingerprint density at radius 3 is 2.93 bits per heavy atom. The molecule has 2 N–H and O–H groups in total. The van der Waals surface area contributed by atoms with Crippen LogP contribution in [0.5, 0.6) is 0 Å². The lowest BCUT2D eigenvalue weighted by atomic mass is 10.2. The summed E-state index contributed by atoms with van der Waals surface area (Å²) in [6.45, 7) is 1.73. The Morgan fingerprint density at radius 1 is 1.64 bits per heavy atom. The third kappa shape index (κ3) is 3.12. The normalized spacial score (nSPS) is 12.2. The second-order valence-corrected chi connectivity index (χ2v) is 4.34. The molecular weight excluding hydrogens is 246 g/mol. The Hall–Kier alpha value is -0.870. The summed E-state index contributed by atoms with van der Waals surface area (Å²) in [6.07, 6.45) is 0. The fraction of sp³-hybridized carbons (Fsp3) is 0.300. The molecule has 76 valence electrons. The highest BCUT2D eigenvalue weighted by Gasteiger charge is 2.08. The molecule has 4 heteroatoms. The van der Waals surface area contributed by atoms with Crippen molar-refractivity contribution in [1.29, 1.82) is 0 Å². The van der Waals surface area contributed by atoms with E-state index in [1.807, 2.05) is 0 Å². The minimum absolute atomic E-state index is 0.0203. The largest absolute Gasteiger partial charge is 0.392 e. The van der Waals surface area contributed by atoms with Crippen LogP contribution in [0.2, 0.25) is 0 Å². The van der Waals surface area contributed by atoms with Crippen molar-refractivity contribution in [3.8, 4) is 0 Å².